The third-order valence-corrected chi connectivity index (χ3v) is 5.87. The first-order chi connectivity index (χ1) is 11.6. The fraction of sp³-hybridized carbons (Fsp3) is 0.133. The fourth-order valence-corrected chi connectivity index (χ4v) is 4.15. The van der Waals surface area contributed by atoms with Gasteiger partial charge in [-0.2, -0.15) is 8.78 Å². The van der Waals surface area contributed by atoms with Crippen LogP contribution in [0.2, 0.25) is 10.0 Å². The number of thioether (sulfide) groups is 1. The van der Waals surface area contributed by atoms with Crippen molar-refractivity contribution in [1.29, 1.82) is 0 Å². The Balaban J connectivity index is 2.37. The van der Waals surface area contributed by atoms with Crippen molar-refractivity contribution in [2.45, 2.75) is 15.5 Å². The zero-order valence-corrected chi connectivity index (χ0v) is 15.7. The molecule has 134 valence electrons. The third kappa shape index (κ3) is 5.07. The minimum Gasteiger partial charge on any atom is -0.321 e. The SMILES string of the molecule is CS(=O)(=O)c1cc(C(=O)Nc2cccc(Cl)c2SC(F)F)ccc1Cl. The molecule has 0 heterocycles. The van der Waals surface area contributed by atoms with E-state index in [1.54, 1.807) is 0 Å². The molecule has 2 aromatic rings. The summed E-state index contributed by atoms with van der Waals surface area (Å²) in [6.07, 6.45) is 0.963. The van der Waals surface area contributed by atoms with Crippen molar-refractivity contribution in [3.63, 3.8) is 0 Å². The molecule has 4 nitrogen and oxygen atoms in total. The number of alkyl halides is 2. The first-order valence-electron chi connectivity index (χ1n) is 6.64. The van der Waals surface area contributed by atoms with E-state index in [0.29, 0.717) is 0 Å². The van der Waals surface area contributed by atoms with Gasteiger partial charge in [0.15, 0.2) is 9.84 Å². The van der Waals surface area contributed by atoms with Gasteiger partial charge in [-0.25, -0.2) is 8.42 Å². The first-order valence-corrected chi connectivity index (χ1v) is 10.2. The molecule has 0 saturated heterocycles. The minimum absolute atomic E-state index is 0.0118. The lowest BCUT2D eigenvalue weighted by Crippen LogP contribution is -2.13. The molecule has 2 aromatic carbocycles. The average Bonchev–Trinajstić information content (AvgIpc) is 2.49. The summed E-state index contributed by atoms with van der Waals surface area (Å²) in [5.41, 5.74) is 0.108. The number of carbonyl (C=O) groups excluding carboxylic acids is 1. The average molecular weight is 426 g/mol. The zero-order chi connectivity index (χ0) is 18.8. The van der Waals surface area contributed by atoms with Crippen LogP contribution in [-0.4, -0.2) is 26.3 Å². The molecule has 10 heteroatoms. The van der Waals surface area contributed by atoms with Gasteiger partial charge < -0.3 is 5.32 Å². The number of carbonyl (C=O) groups is 1. The molecule has 0 radical (unpaired) electrons. The summed E-state index contributed by atoms with van der Waals surface area (Å²) in [6.45, 7) is 0. The molecule has 0 atom stereocenters. The van der Waals surface area contributed by atoms with E-state index in [1.165, 1.54) is 30.3 Å². The van der Waals surface area contributed by atoms with Gasteiger partial charge in [0, 0.05) is 11.8 Å². The molecule has 1 amide bonds. The summed E-state index contributed by atoms with van der Waals surface area (Å²) in [5, 5.41) is 2.50. The Hall–Kier alpha value is -1.35. The molecule has 2 rings (SSSR count). The Morgan fingerprint density at radius 3 is 2.44 bits per heavy atom. The van der Waals surface area contributed by atoms with E-state index in [2.05, 4.69) is 5.32 Å². The van der Waals surface area contributed by atoms with Gasteiger partial charge in [0.25, 0.3) is 11.7 Å². The van der Waals surface area contributed by atoms with Crippen LogP contribution in [0.3, 0.4) is 0 Å². The van der Waals surface area contributed by atoms with E-state index < -0.39 is 21.5 Å². The predicted octanol–water partition coefficient (Wildman–Crippen LogP) is 4.96. The van der Waals surface area contributed by atoms with Crippen LogP contribution >= 0.6 is 35.0 Å². The monoisotopic (exact) mass is 425 g/mol. The lowest BCUT2D eigenvalue weighted by molar-refractivity contribution is 0.102. The molecule has 0 unspecified atom stereocenters. The lowest BCUT2D eigenvalue weighted by Gasteiger charge is -2.12. The second kappa shape index (κ2) is 7.90. The molecule has 0 bridgehead atoms. The van der Waals surface area contributed by atoms with Gasteiger partial charge in [0.1, 0.15) is 0 Å². The number of halogens is 4. The molecule has 0 spiro atoms. The second-order valence-corrected chi connectivity index (χ2v) is 8.67. The summed E-state index contributed by atoms with van der Waals surface area (Å²) >= 11 is 11.9. The van der Waals surface area contributed by atoms with Gasteiger partial charge in [0.05, 0.1) is 25.5 Å². The number of nitrogens with one attached hydrogen (secondary N) is 1. The van der Waals surface area contributed by atoms with Crippen LogP contribution in [0.4, 0.5) is 14.5 Å². The molecular weight excluding hydrogens is 415 g/mol. The van der Waals surface area contributed by atoms with Crippen molar-refractivity contribution in [1.82, 2.24) is 0 Å². The summed E-state index contributed by atoms with van der Waals surface area (Å²) in [5.74, 6) is -3.40. The van der Waals surface area contributed by atoms with Crippen LogP contribution in [0.5, 0.6) is 0 Å². The zero-order valence-electron chi connectivity index (χ0n) is 12.6. The molecule has 0 aliphatic carbocycles. The van der Waals surface area contributed by atoms with Crippen LogP contribution in [0.15, 0.2) is 46.2 Å². The fourth-order valence-electron chi connectivity index (χ4n) is 1.94. The Morgan fingerprint density at radius 1 is 1.16 bits per heavy atom. The normalized spacial score (nSPS) is 11.6. The topological polar surface area (TPSA) is 63.2 Å². The van der Waals surface area contributed by atoms with Gasteiger partial charge >= 0.3 is 0 Å². The van der Waals surface area contributed by atoms with Crippen molar-refractivity contribution in [3.8, 4) is 0 Å². The summed E-state index contributed by atoms with van der Waals surface area (Å²) in [6, 6.07) is 8.07. The number of sulfone groups is 1. The molecule has 0 fully saturated rings. The molecule has 0 aliphatic rings. The predicted molar refractivity (Wildman–Crippen MR) is 95.8 cm³/mol. The molecule has 1 N–H and O–H groups in total. The number of hydrogen-bond donors (Lipinski definition) is 1. The summed E-state index contributed by atoms with van der Waals surface area (Å²) in [7, 11) is -3.63. The maximum Gasteiger partial charge on any atom is 0.289 e. The Bertz CT molecular complexity index is 921. The van der Waals surface area contributed by atoms with Crippen LogP contribution in [-0.2, 0) is 9.84 Å². The molecular formula is C15H11Cl2F2NO3S2. The highest BCUT2D eigenvalue weighted by Crippen LogP contribution is 2.37. The van der Waals surface area contributed by atoms with Crippen LogP contribution < -0.4 is 5.32 Å². The maximum absolute atomic E-state index is 12.7. The van der Waals surface area contributed by atoms with Crippen LogP contribution in [0, 0.1) is 0 Å². The molecule has 0 saturated carbocycles. The second-order valence-electron chi connectivity index (χ2n) is 4.87. The minimum atomic E-state index is -3.63. The van der Waals surface area contributed by atoms with E-state index in [1.807, 2.05) is 0 Å². The van der Waals surface area contributed by atoms with Gasteiger partial charge in [-0.3, -0.25) is 4.79 Å². The summed E-state index contributed by atoms with van der Waals surface area (Å²) < 4.78 is 48.7. The number of rotatable bonds is 5. The van der Waals surface area contributed by atoms with Crippen molar-refractivity contribution < 1.29 is 22.0 Å². The van der Waals surface area contributed by atoms with Crippen molar-refractivity contribution in [2.24, 2.45) is 0 Å². The maximum atomic E-state index is 12.7. The molecule has 0 aliphatic heterocycles. The Kier molecular flexibility index (Phi) is 6.31. The lowest BCUT2D eigenvalue weighted by atomic mass is 10.2. The standard InChI is InChI=1S/C15H11Cl2F2NO3S2/c1-25(22,23)12-7-8(5-6-9(12)16)14(21)20-11-4-2-3-10(17)13(11)24-15(18)19/h2-7,15H,1H3,(H,20,21). The van der Waals surface area contributed by atoms with Crippen molar-refractivity contribution in [3.05, 3.63) is 52.0 Å². The number of amides is 1. The number of hydrogen-bond acceptors (Lipinski definition) is 4. The molecule has 25 heavy (non-hydrogen) atoms. The highest BCUT2D eigenvalue weighted by Gasteiger charge is 2.19. The smallest absolute Gasteiger partial charge is 0.289 e. The molecule has 0 aromatic heterocycles. The summed E-state index contributed by atoms with van der Waals surface area (Å²) in [4.78, 5) is 12.2. The largest absolute Gasteiger partial charge is 0.321 e. The highest BCUT2D eigenvalue weighted by molar-refractivity contribution is 7.99. The van der Waals surface area contributed by atoms with E-state index in [9.17, 15) is 22.0 Å². The van der Waals surface area contributed by atoms with Gasteiger partial charge in [-0.05, 0) is 30.3 Å². The number of benzene rings is 2. The third-order valence-electron chi connectivity index (χ3n) is 3.01. The van der Waals surface area contributed by atoms with E-state index in [-0.39, 0.29) is 42.8 Å². The highest BCUT2D eigenvalue weighted by atomic mass is 35.5. The quantitative estimate of drug-likeness (QED) is 0.687. The van der Waals surface area contributed by atoms with Crippen LogP contribution in [0.25, 0.3) is 0 Å². The van der Waals surface area contributed by atoms with Gasteiger partial charge in [0.2, 0.25) is 0 Å². The van der Waals surface area contributed by atoms with Crippen molar-refractivity contribution >= 4 is 56.4 Å². The van der Waals surface area contributed by atoms with Crippen LogP contribution in [0.1, 0.15) is 10.4 Å². The van der Waals surface area contributed by atoms with Gasteiger partial charge in [-0.1, -0.05) is 41.0 Å². The van der Waals surface area contributed by atoms with E-state index in [0.717, 1.165) is 12.3 Å². The van der Waals surface area contributed by atoms with Gasteiger partial charge in [-0.15, -0.1) is 0 Å². The van der Waals surface area contributed by atoms with Crippen molar-refractivity contribution in [2.75, 3.05) is 11.6 Å². The number of anilines is 1. The first kappa shape index (κ1) is 20.0. The Labute approximate surface area is 157 Å². The van der Waals surface area contributed by atoms with E-state index in [4.69, 9.17) is 23.2 Å². The van der Waals surface area contributed by atoms with E-state index >= 15 is 0 Å². The Morgan fingerprint density at radius 2 is 1.84 bits per heavy atom.